The maximum atomic E-state index is 11.4. The van der Waals surface area contributed by atoms with Crippen LogP contribution in [0, 0.1) is 5.41 Å². The van der Waals surface area contributed by atoms with E-state index in [1.165, 1.54) is 0 Å². The van der Waals surface area contributed by atoms with Crippen molar-refractivity contribution in [3.05, 3.63) is 0 Å². The largest absolute Gasteiger partial charge is 0.315 e. The predicted octanol–water partition coefficient (Wildman–Crippen LogP) is -0.417. The molecular weight excluding hydrogens is 140 g/mol. The lowest BCUT2D eigenvalue weighted by molar-refractivity contribution is -0.810. The van der Waals surface area contributed by atoms with Crippen molar-refractivity contribution in [2.75, 3.05) is 33.7 Å². The molecule has 0 atom stereocenters. The van der Waals surface area contributed by atoms with Crippen LogP contribution in [0.4, 0.5) is 0 Å². The summed E-state index contributed by atoms with van der Waals surface area (Å²) < 4.78 is 0.585. The predicted molar refractivity (Wildman–Crippen MR) is 41.9 cm³/mol. The fourth-order valence-electron chi connectivity index (χ4n) is 2.23. The smallest absolute Gasteiger partial charge is 0.314 e. The summed E-state index contributed by atoms with van der Waals surface area (Å²) in [5, 5.41) is 3.24. The van der Waals surface area contributed by atoms with Gasteiger partial charge in [0.1, 0.15) is 0 Å². The summed E-state index contributed by atoms with van der Waals surface area (Å²) in [4.78, 5) is 11.4. The number of rotatable bonds is 0. The topological polar surface area (TPSA) is 29.1 Å². The first-order valence-corrected chi connectivity index (χ1v) is 4.11. The van der Waals surface area contributed by atoms with Gasteiger partial charge < -0.3 is 5.32 Å². The van der Waals surface area contributed by atoms with Crippen LogP contribution >= 0.6 is 0 Å². The Balaban J connectivity index is 2.18. The lowest BCUT2D eigenvalue weighted by Gasteiger charge is -2.37. The molecule has 11 heavy (non-hydrogen) atoms. The molecule has 1 N–H and O–H groups in total. The van der Waals surface area contributed by atoms with E-state index in [-0.39, 0.29) is 0 Å². The molecule has 3 nitrogen and oxygen atoms in total. The molecule has 2 fully saturated rings. The van der Waals surface area contributed by atoms with Crippen LogP contribution in [-0.4, -0.2) is 44.1 Å². The van der Waals surface area contributed by atoms with Crippen molar-refractivity contribution in [1.29, 1.82) is 0 Å². The molecule has 2 rings (SSSR count). The van der Waals surface area contributed by atoms with Crippen LogP contribution in [0.15, 0.2) is 0 Å². The van der Waals surface area contributed by atoms with Gasteiger partial charge in [-0.25, -0.2) is 4.79 Å². The number of amides is 1. The Morgan fingerprint density at radius 3 is 2.27 bits per heavy atom. The third-order valence-corrected chi connectivity index (χ3v) is 2.93. The zero-order valence-corrected chi connectivity index (χ0v) is 7.18. The van der Waals surface area contributed by atoms with Crippen molar-refractivity contribution < 1.29 is 9.28 Å². The quantitative estimate of drug-likeness (QED) is 0.481. The summed E-state index contributed by atoms with van der Waals surface area (Å²) in [6.07, 6.45) is 0.785. The fraction of sp³-hybridized carbons (Fsp3) is 0.875. The first-order valence-electron chi connectivity index (χ1n) is 4.11. The van der Waals surface area contributed by atoms with E-state index in [1.54, 1.807) is 0 Å². The monoisotopic (exact) mass is 155 g/mol. The van der Waals surface area contributed by atoms with E-state index in [0.29, 0.717) is 15.8 Å². The Bertz CT molecular complexity index is 206. The zero-order chi connectivity index (χ0) is 8.11. The number of hydrogen-bond donors (Lipinski definition) is 1. The van der Waals surface area contributed by atoms with Crippen molar-refractivity contribution >= 4 is 5.91 Å². The maximum Gasteiger partial charge on any atom is 0.314 e. The van der Waals surface area contributed by atoms with Crippen LogP contribution in [0.1, 0.15) is 6.42 Å². The second-order valence-electron chi connectivity index (χ2n) is 4.52. The second-order valence-corrected chi connectivity index (χ2v) is 4.52. The average Bonchev–Trinajstić information content (AvgIpc) is 2.03. The number of nitrogens with zero attached hydrogens (tertiary/aromatic N) is 1. The molecule has 0 saturated carbocycles. The molecule has 0 radical (unpaired) electrons. The molecule has 2 saturated heterocycles. The van der Waals surface area contributed by atoms with Crippen molar-refractivity contribution in [3.8, 4) is 0 Å². The van der Waals surface area contributed by atoms with Crippen LogP contribution in [0.5, 0.6) is 0 Å². The Morgan fingerprint density at radius 1 is 1.45 bits per heavy atom. The Morgan fingerprint density at radius 2 is 2.09 bits per heavy atom. The molecule has 0 aliphatic carbocycles. The Labute approximate surface area is 67.0 Å². The van der Waals surface area contributed by atoms with E-state index in [0.717, 1.165) is 26.1 Å². The number of carbonyl (C=O) groups is 1. The maximum absolute atomic E-state index is 11.4. The number of likely N-dealkylation sites (tertiary alicyclic amines) is 1. The molecule has 0 aromatic carbocycles. The molecule has 0 aromatic rings. The molecule has 3 heteroatoms. The van der Waals surface area contributed by atoms with E-state index < -0.39 is 0 Å². The van der Waals surface area contributed by atoms with Crippen molar-refractivity contribution in [1.82, 2.24) is 5.32 Å². The first kappa shape index (κ1) is 7.25. The molecule has 62 valence electrons. The van der Waals surface area contributed by atoms with Gasteiger partial charge in [-0.05, 0) is 0 Å². The highest BCUT2D eigenvalue weighted by Crippen LogP contribution is 2.37. The molecule has 1 amide bonds. The summed E-state index contributed by atoms with van der Waals surface area (Å²) in [6, 6.07) is 0. The van der Waals surface area contributed by atoms with Crippen LogP contribution in [-0.2, 0) is 4.79 Å². The molecular formula is C8H15N2O+. The summed E-state index contributed by atoms with van der Waals surface area (Å²) >= 11 is 0. The van der Waals surface area contributed by atoms with Gasteiger partial charge in [-0.3, -0.25) is 4.48 Å². The Hall–Kier alpha value is -0.410. The van der Waals surface area contributed by atoms with Crippen molar-refractivity contribution in [3.63, 3.8) is 0 Å². The van der Waals surface area contributed by atoms with Gasteiger partial charge in [-0.2, -0.15) is 0 Å². The minimum absolute atomic E-state index is 0.334. The first-order chi connectivity index (χ1) is 5.04. The lowest BCUT2D eigenvalue weighted by Crippen LogP contribution is -2.56. The van der Waals surface area contributed by atoms with Crippen LogP contribution in [0.2, 0.25) is 0 Å². The third kappa shape index (κ3) is 0.914. The van der Waals surface area contributed by atoms with Gasteiger partial charge in [0.05, 0.1) is 32.5 Å². The minimum atomic E-state index is 0.334. The molecule has 0 bridgehead atoms. The number of carbonyl (C=O) groups excluding carboxylic acids is 1. The highest BCUT2D eigenvalue weighted by molar-refractivity contribution is 5.72. The SMILES string of the molecule is C[N+]1(C)CC2(CNC2)CC1=O. The average molecular weight is 155 g/mol. The third-order valence-electron chi connectivity index (χ3n) is 2.93. The number of hydrogen-bond acceptors (Lipinski definition) is 2. The van der Waals surface area contributed by atoms with Gasteiger partial charge in [0.2, 0.25) is 0 Å². The standard InChI is InChI=1S/C8H15N2O/c1-10(2)6-8(3-7(10)11)4-9-5-8/h9H,3-6H2,1-2H3/q+1. The summed E-state index contributed by atoms with van der Waals surface area (Å²) in [6.45, 7) is 3.11. The van der Waals surface area contributed by atoms with Gasteiger partial charge in [0.15, 0.2) is 0 Å². The van der Waals surface area contributed by atoms with Crippen molar-refractivity contribution in [2.45, 2.75) is 6.42 Å². The highest BCUT2D eigenvalue weighted by atomic mass is 16.2. The normalized spacial score (nSPS) is 32.4. The highest BCUT2D eigenvalue weighted by Gasteiger charge is 2.54. The lowest BCUT2D eigenvalue weighted by atomic mass is 9.81. The van der Waals surface area contributed by atoms with Gasteiger partial charge in [-0.15, -0.1) is 0 Å². The van der Waals surface area contributed by atoms with E-state index in [4.69, 9.17) is 0 Å². The summed E-state index contributed by atoms with van der Waals surface area (Å²) in [7, 11) is 4.02. The van der Waals surface area contributed by atoms with Gasteiger partial charge in [0, 0.05) is 13.1 Å². The molecule has 2 heterocycles. The van der Waals surface area contributed by atoms with E-state index in [1.807, 2.05) is 14.1 Å². The van der Waals surface area contributed by atoms with Gasteiger partial charge in [0.25, 0.3) is 0 Å². The van der Waals surface area contributed by atoms with E-state index in [9.17, 15) is 4.79 Å². The van der Waals surface area contributed by atoms with Crippen molar-refractivity contribution in [2.24, 2.45) is 5.41 Å². The zero-order valence-electron chi connectivity index (χ0n) is 7.18. The molecule has 1 spiro atoms. The molecule has 0 unspecified atom stereocenters. The van der Waals surface area contributed by atoms with Crippen LogP contribution in [0.3, 0.4) is 0 Å². The van der Waals surface area contributed by atoms with Gasteiger partial charge >= 0.3 is 5.91 Å². The van der Waals surface area contributed by atoms with Crippen LogP contribution < -0.4 is 5.32 Å². The van der Waals surface area contributed by atoms with Gasteiger partial charge in [-0.1, -0.05) is 0 Å². The molecule has 2 aliphatic heterocycles. The van der Waals surface area contributed by atoms with E-state index in [2.05, 4.69) is 5.32 Å². The van der Waals surface area contributed by atoms with E-state index >= 15 is 0 Å². The summed E-state index contributed by atoms with van der Waals surface area (Å²) in [5.41, 5.74) is 0.334. The second kappa shape index (κ2) is 1.84. The summed E-state index contributed by atoms with van der Waals surface area (Å²) in [5.74, 6) is 0.395. The minimum Gasteiger partial charge on any atom is -0.315 e. The number of nitrogens with one attached hydrogen (secondary N) is 1. The number of quaternary nitrogens is 1. The fourth-order valence-corrected chi connectivity index (χ4v) is 2.23. The van der Waals surface area contributed by atoms with Crippen LogP contribution in [0.25, 0.3) is 0 Å². The Kier molecular flexibility index (Phi) is 1.22. The molecule has 0 aromatic heterocycles. The molecule has 2 aliphatic rings.